The minimum Gasteiger partial charge on any atom is -0.494 e. The molecule has 0 fully saturated rings. The van der Waals surface area contributed by atoms with Gasteiger partial charge in [-0.1, -0.05) is 13.8 Å². The number of carbonyl (C=O) groups excluding carboxylic acids is 1. The molecule has 0 spiro atoms. The molecular formula is C21H25N3O4S2. The van der Waals surface area contributed by atoms with E-state index in [0.29, 0.717) is 18.0 Å². The van der Waals surface area contributed by atoms with Crippen LogP contribution in [0.2, 0.25) is 0 Å². The third-order valence-electron chi connectivity index (χ3n) is 4.44. The second kappa shape index (κ2) is 9.11. The monoisotopic (exact) mass is 447 g/mol. The first-order valence-corrected chi connectivity index (χ1v) is 11.9. The highest BCUT2D eigenvalue weighted by Crippen LogP contribution is 2.25. The van der Waals surface area contributed by atoms with Crippen molar-refractivity contribution in [3.63, 3.8) is 0 Å². The lowest BCUT2D eigenvalue weighted by molar-refractivity contribution is -0.118. The Balaban J connectivity index is 1.78. The molecule has 9 heteroatoms. The number of thiazole rings is 1. The van der Waals surface area contributed by atoms with Gasteiger partial charge in [-0.2, -0.15) is 4.72 Å². The molecule has 1 atom stereocenters. The highest BCUT2D eigenvalue weighted by Gasteiger charge is 2.28. The van der Waals surface area contributed by atoms with Crippen LogP contribution in [-0.4, -0.2) is 32.0 Å². The number of aromatic nitrogens is 1. The van der Waals surface area contributed by atoms with Gasteiger partial charge < -0.3 is 10.1 Å². The Hall–Kier alpha value is -2.49. The number of nitrogens with one attached hydrogen (secondary N) is 2. The molecule has 1 amide bonds. The van der Waals surface area contributed by atoms with E-state index in [1.165, 1.54) is 17.4 Å². The second-order valence-electron chi connectivity index (χ2n) is 7.15. The Bertz CT molecular complexity index is 1140. The molecule has 2 N–H and O–H groups in total. The number of hydrogen-bond donors (Lipinski definition) is 2. The van der Waals surface area contributed by atoms with Crippen LogP contribution in [-0.2, 0) is 14.8 Å². The molecule has 1 heterocycles. The van der Waals surface area contributed by atoms with E-state index in [0.717, 1.165) is 15.2 Å². The van der Waals surface area contributed by atoms with Crippen LogP contribution in [0.25, 0.3) is 10.2 Å². The fourth-order valence-electron chi connectivity index (χ4n) is 2.94. The van der Waals surface area contributed by atoms with Crippen molar-refractivity contribution in [1.29, 1.82) is 0 Å². The highest BCUT2D eigenvalue weighted by atomic mass is 32.2. The van der Waals surface area contributed by atoms with Gasteiger partial charge >= 0.3 is 0 Å². The lowest BCUT2D eigenvalue weighted by Gasteiger charge is -2.21. The third kappa shape index (κ3) is 5.16. The maximum absolute atomic E-state index is 12.9. The molecule has 0 aliphatic carbocycles. The Morgan fingerprint density at radius 1 is 1.17 bits per heavy atom. The molecular weight excluding hydrogens is 422 g/mol. The van der Waals surface area contributed by atoms with Crippen LogP contribution in [0.15, 0.2) is 47.4 Å². The van der Waals surface area contributed by atoms with Gasteiger partial charge in [0.1, 0.15) is 11.8 Å². The Morgan fingerprint density at radius 2 is 1.87 bits per heavy atom. The molecule has 7 nitrogen and oxygen atoms in total. The predicted octanol–water partition coefficient (Wildman–Crippen LogP) is 3.95. The van der Waals surface area contributed by atoms with Crippen molar-refractivity contribution in [2.45, 2.75) is 38.6 Å². The Kier molecular flexibility index (Phi) is 6.74. The molecule has 0 unspecified atom stereocenters. The molecule has 3 rings (SSSR count). The summed E-state index contributed by atoms with van der Waals surface area (Å²) >= 11 is 1.43. The van der Waals surface area contributed by atoms with Crippen molar-refractivity contribution in [3.8, 4) is 5.75 Å². The number of anilines is 1. The van der Waals surface area contributed by atoms with Gasteiger partial charge in [-0.25, -0.2) is 13.4 Å². The van der Waals surface area contributed by atoms with E-state index in [4.69, 9.17) is 4.74 Å². The number of rotatable bonds is 8. The van der Waals surface area contributed by atoms with E-state index in [1.54, 1.807) is 50.2 Å². The fraction of sp³-hybridized carbons (Fsp3) is 0.333. The summed E-state index contributed by atoms with van der Waals surface area (Å²) in [5.74, 6) is 0.0228. The second-order valence-corrected chi connectivity index (χ2v) is 10.1. The maximum Gasteiger partial charge on any atom is 0.242 e. The zero-order valence-corrected chi connectivity index (χ0v) is 18.9. The summed E-state index contributed by atoms with van der Waals surface area (Å²) in [5.41, 5.74) is 1.32. The summed E-state index contributed by atoms with van der Waals surface area (Å²) in [6.07, 6.45) is 0. The Labute approximate surface area is 180 Å². The zero-order valence-electron chi connectivity index (χ0n) is 17.3. The highest BCUT2D eigenvalue weighted by molar-refractivity contribution is 7.89. The van der Waals surface area contributed by atoms with Crippen LogP contribution in [0, 0.1) is 12.8 Å². The summed E-state index contributed by atoms with van der Waals surface area (Å²) in [5, 5.41) is 3.63. The van der Waals surface area contributed by atoms with Crippen LogP contribution in [0.4, 0.5) is 5.69 Å². The van der Waals surface area contributed by atoms with Crippen molar-refractivity contribution in [2.75, 3.05) is 11.9 Å². The smallest absolute Gasteiger partial charge is 0.242 e. The molecule has 0 aliphatic rings. The van der Waals surface area contributed by atoms with Crippen LogP contribution < -0.4 is 14.8 Å². The van der Waals surface area contributed by atoms with Gasteiger partial charge in [-0.05, 0) is 62.2 Å². The van der Waals surface area contributed by atoms with Gasteiger partial charge in [0.15, 0.2) is 0 Å². The van der Waals surface area contributed by atoms with E-state index >= 15 is 0 Å². The number of carbonyl (C=O) groups is 1. The number of hydrogen-bond acceptors (Lipinski definition) is 6. The first-order valence-electron chi connectivity index (χ1n) is 9.63. The molecule has 0 radical (unpaired) electrons. The topological polar surface area (TPSA) is 97.4 Å². The molecule has 30 heavy (non-hydrogen) atoms. The molecule has 1 aromatic heterocycles. The van der Waals surface area contributed by atoms with Crippen LogP contribution in [0.3, 0.4) is 0 Å². The summed E-state index contributed by atoms with van der Waals surface area (Å²) < 4.78 is 34.6. The predicted molar refractivity (Wildman–Crippen MR) is 120 cm³/mol. The molecule has 160 valence electrons. The number of aryl methyl sites for hydroxylation is 1. The average molecular weight is 448 g/mol. The van der Waals surface area contributed by atoms with Gasteiger partial charge in [0, 0.05) is 5.69 Å². The molecule has 3 aromatic rings. The van der Waals surface area contributed by atoms with Gasteiger partial charge in [-0.15, -0.1) is 11.3 Å². The number of nitrogens with zero attached hydrogens (tertiary/aromatic N) is 1. The molecule has 0 saturated carbocycles. The van der Waals surface area contributed by atoms with E-state index in [-0.39, 0.29) is 10.8 Å². The van der Waals surface area contributed by atoms with Gasteiger partial charge in [-0.3, -0.25) is 4.79 Å². The zero-order chi connectivity index (χ0) is 21.9. The van der Waals surface area contributed by atoms with Crippen LogP contribution in [0.1, 0.15) is 25.8 Å². The van der Waals surface area contributed by atoms with Crippen molar-refractivity contribution >= 4 is 43.2 Å². The summed E-state index contributed by atoms with van der Waals surface area (Å²) in [4.78, 5) is 17.3. The lowest BCUT2D eigenvalue weighted by Crippen LogP contribution is -2.47. The molecule has 0 aliphatic heterocycles. The SMILES string of the molecule is CCOc1ccc(NC(=O)[C@@H](NS(=O)(=O)c2ccc3nc(C)sc3c2)C(C)C)cc1. The lowest BCUT2D eigenvalue weighted by atomic mass is 10.0. The van der Waals surface area contributed by atoms with Gasteiger partial charge in [0.05, 0.1) is 26.7 Å². The van der Waals surface area contributed by atoms with E-state index in [2.05, 4.69) is 15.0 Å². The van der Waals surface area contributed by atoms with Crippen LogP contribution in [0.5, 0.6) is 5.75 Å². The minimum atomic E-state index is -3.89. The third-order valence-corrected chi connectivity index (χ3v) is 6.81. The first kappa shape index (κ1) is 22.2. The standard InChI is InChI=1S/C21H25N3O4S2/c1-5-28-16-8-6-15(7-9-16)23-21(25)20(13(2)3)24-30(26,27)17-10-11-18-19(12-17)29-14(4)22-18/h6-13,20,24H,5H2,1-4H3,(H,23,25)/t20-/m0/s1. The van der Waals surface area contributed by atoms with Gasteiger partial charge in [0.2, 0.25) is 15.9 Å². The number of ether oxygens (including phenoxy) is 1. The Morgan fingerprint density at radius 3 is 2.50 bits per heavy atom. The summed E-state index contributed by atoms with van der Waals surface area (Å²) in [6, 6.07) is 10.8. The van der Waals surface area contributed by atoms with E-state index < -0.39 is 22.0 Å². The number of fused-ring (bicyclic) bond motifs is 1. The molecule has 2 aromatic carbocycles. The van der Waals surface area contributed by atoms with Crippen molar-refractivity contribution in [1.82, 2.24) is 9.71 Å². The average Bonchev–Trinajstić information content (AvgIpc) is 3.07. The normalized spacial score (nSPS) is 12.8. The maximum atomic E-state index is 12.9. The number of benzene rings is 2. The van der Waals surface area contributed by atoms with Crippen molar-refractivity contribution in [3.05, 3.63) is 47.5 Å². The summed E-state index contributed by atoms with van der Waals surface area (Å²) in [6.45, 7) is 7.90. The quantitative estimate of drug-likeness (QED) is 0.545. The van der Waals surface area contributed by atoms with E-state index in [9.17, 15) is 13.2 Å². The molecule has 0 saturated heterocycles. The largest absolute Gasteiger partial charge is 0.494 e. The van der Waals surface area contributed by atoms with Crippen molar-refractivity contribution in [2.24, 2.45) is 5.92 Å². The minimum absolute atomic E-state index is 0.109. The van der Waals surface area contributed by atoms with Crippen molar-refractivity contribution < 1.29 is 17.9 Å². The van der Waals surface area contributed by atoms with Gasteiger partial charge in [0.25, 0.3) is 0 Å². The first-order chi connectivity index (χ1) is 14.2. The number of amides is 1. The fourth-order valence-corrected chi connectivity index (χ4v) is 5.25. The number of sulfonamides is 1. The summed E-state index contributed by atoms with van der Waals surface area (Å²) in [7, 11) is -3.89. The van der Waals surface area contributed by atoms with Crippen LogP contribution >= 0.6 is 11.3 Å². The van der Waals surface area contributed by atoms with E-state index in [1.807, 2.05) is 13.8 Å². The molecule has 0 bridgehead atoms.